The molecule has 0 radical (unpaired) electrons. The zero-order valence-electron chi connectivity index (χ0n) is 13.5. The van der Waals surface area contributed by atoms with Crippen molar-refractivity contribution in [2.24, 2.45) is 4.99 Å². The number of hydrogen-bond acceptors (Lipinski definition) is 2. The van der Waals surface area contributed by atoms with Crippen molar-refractivity contribution in [3.8, 4) is 5.69 Å². The average molecular weight is 305 g/mol. The Hall–Kier alpha value is -2.88. The molecule has 0 unspecified atom stereocenters. The molecule has 1 N–H and O–H groups in total. The lowest BCUT2D eigenvalue weighted by atomic mass is 10.1. The SMILES string of the molecule is Cc1ccc(-n2[nH]c(C)c(C=Nc3ccccc3)c2=O)cc1C. The van der Waals surface area contributed by atoms with Crippen LogP contribution in [-0.4, -0.2) is 16.0 Å². The molecule has 4 heteroatoms. The third-order valence-corrected chi connectivity index (χ3v) is 3.96. The number of aromatic nitrogens is 2. The van der Waals surface area contributed by atoms with E-state index in [1.54, 1.807) is 10.9 Å². The lowest BCUT2D eigenvalue weighted by molar-refractivity contribution is 0.833. The minimum Gasteiger partial charge on any atom is -0.295 e. The van der Waals surface area contributed by atoms with Crippen LogP contribution in [0.5, 0.6) is 0 Å². The number of rotatable bonds is 3. The highest BCUT2D eigenvalue weighted by Crippen LogP contribution is 2.14. The van der Waals surface area contributed by atoms with E-state index in [4.69, 9.17) is 0 Å². The molecule has 0 amide bonds. The smallest absolute Gasteiger partial charge is 0.280 e. The van der Waals surface area contributed by atoms with E-state index in [-0.39, 0.29) is 5.56 Å². The van der Waals surface area contributed by atoms with Crippen LogP contribution in [0, 0.1) is 20.8 Å². The predicted octanol–water partition coefficient (Wildman–Crippen LogP) is 3.84. The molecule has 2 aromatic carbocycles. The molecule has 0 aliphatic carbocycles. The number of nitrogens with zero attached hydrogens (tertiary/aromatic N) is 2. The first kappa shape index (κ1) is 15.0. The van der Waals surface area contributed by atoms with Crippen molar-refractivity contribution in [1.82, 2.24) is 9.78 Å². The predicted molar refractivity (Wildman–Crippen MR) is 94.3 cm³/mol. The van der Waals surface area contributed by atoms with Crippen LogP contribution in [0.25, 0.3) is 5.69 Å². The quantitative estimate of drug-likeness (QED) is 0.734. The second-order valence-corrected chi connectivity index (χ2v) is 5.65. The summed E-state index contributed by atoms with van der Waals surface area (Å²) in [4.78, 5) is 17.0. The third-order valence-electron chi connectivity index (χ3n) is 3.96. The Kier molecular flexibility index (Phi) is 3.98. The van der Waals surface area contributed by atoms with Gasteiger partial charge < -0.3 is 0 Å². The van der Waals surface area contributed by atoms with Crippen molar-refractivity contribution in [1.29, 1.82) is 0 Å². The molecule has 0 saturated heterocycles. The minimum absolute atomic E-state index is 0.0922. The van der Waals surface area contributed by atoms with Crippen LogP contribution in [-0.2, 0) is 0 Å². The zero-order chi connectivity index (χ0) is 16.4. The van der Waals surface area contributed by atoms with Gasteiger partial charge >= 0.3 is 0 Å². The highest BCUT2D eigenvalue weighted by Gasteiger charge is 2.11. The van der Waals surface area contributed by atoms with Crippen LogP contribution in [0.3, 0.4) is 0 Å². The van der Waals surface area contributed by atoms with Crippen LogP contribution in [0.2, 0.25) is 0 Å². The van der Waals surface area contributed by atoms with Crippen molar-refractivity contribution < 1.29 is 0 Å². The fourth-order valence-corrected chi connectivity index (χ4v) is 2.41. The van der Waals surface area contributed by atoms with Gasteiger partial charge in [-0.3, -0.25) is 14.9 Å². The topological polar surface area (TPSA) is 50.1 Å². The highest BCUT2D eigenvalue weighted by atomic mass is 16.1. The van der Waals surface area contributed by atoms with Gasteiger partial charge in [0.15, 0.2) is 0 Å². The first-order valence-corrected chi connectivity index (χ1v) is 7.54. The molecule has 23 heavy (non-hydrogen) atoms. The summed E-state index contributed by atoms with van der Waals surface area (Å²) in [5, 5.41) is 3.13. The van der Waals surface area contributed by atoms with Crippen molar-refractivity contribution in [2.75, 3.05) is 0 Å². The number of aryl methyl sites for hydroxylation is 3. The lowest BCUT2D eigenvalue weighted by Gasteiger charge is -2.05. The fraction of sp³-hybridized carbons (Fsp3) is 0.158. The summed E-state index contributed by atoms with van der Waals surface area (Å²) in [6.45, 7) is 5.97. The molecule has 0 bridgehead atoms. The van der Waals surface area contributed by atoms with Crippen LogP contribution < -0.4 is 5.56 Å². The molecule has 0 fully saturated rings. The number of H-pyrrole nitrogens is 1. The highest BCUT2D eigenvalue weighted by molar-refractivity contribution is 5.83. The van der Waals surface area contributed by atoms with Crippen LogP contribution >= 0.6 is 0 Å². The van der Waals surface area contributed by atoms with E-state index in [9.17, 15) is 4.79 Å². The molecule has 0 aliphatic rings. The molecule has 0 atom stereocenters. The van der Waals surface area contributed by atoms with Gasteiger partial charge in [-0.1, -0.05) is 24.3 Å². The molecular formula is C19H19N3O. The summed E-state index contributed by atoms with van der Waals surface area (Å²) in [5.41, 5.74) is 5.30. The van der Waals surface area contributed by atoms with Gasteiger partial charge in [-0.05, 0) is 56.2 Å². The molecular weight excluding hydrogens is 286 g/mol. The molecule has 0 aliphatic heterocycles. The molecule has 1 aromatic heterocycles. The maximum atomic E-state index is 12.6. The number of benzene rings is 2. The summed E-state index contributed by atoms with van der Waals surface area (Å²) >= 11 is 0. The summed E-state index contributed by atoms with van der Waals surface area (Å²) in [6.07, 6.45) is 1.63. The Balaban J connectivity index is 2.01. The molecule has 3 aromatic rings. The summed E-state index contributed by atoms with van der Waals surface area (Å²) in [6, 6.07) is 15.6. The number of nitrogens with one attached hydrogen (secondary N) is 1. The fourth-order valence-electron chi connectivity index (χ4n) is 2.41. The van der Waals surface area contributed by atoms with E-state index in [2.05, 4.69) is 17.0 Å². The Bertz CT molecular complexity index is 918. The normalized spacial score (nSPS) is 11.3. The van der Waals surface area contributed by atoms with E-state index in [0.29, 0.717) is 5.56 Å². The van der Waals surface area contributed by atoms with E-state index in [0.717, 1.165) is 22.6 Å². The number of aromatic amines is 1. The lowest BCUT2D eigenvalue weighted by Crippen LogP contribution is -2.17. The summed E-state index contributed by atoms with van der Waals surface area (Å²) in [7, 11) is 0. The number of hydrogen-bond donors (Lipinski definition) is 1. The standard InChI is InChI=1S/C19H19N3O/c1-13-9-10-17(11-14(13)2)22-19(23)18(15(3)21-22)12-20-16-7-5-4-6-8-16/h4-12,21H,1-3H3. The molecule has 1 heterocycles. The van der Waals surface area contributed by atoms with Gasteiger partial charge in [0.25, 0.3) is 5.56 Å². The van der Waals surface area contributed by atoms with Crippen LogP contribution in [0.15, 0.2) is 58.3 Å². The molecule has 0 saturated carbocycles. The van der Waals surface area contributed by atoms with Gasteiger partial charge in [0.05, 0.1) is 16.9 Å². The van der Waals surface area contributed by atoms with Gasteiger partial charge in [-0.25, -0.2) is 4.68 Å². The van der Waals surface area contributed by atoms with Gasteiger partial charge in [-0.2, -0.15) is 0 Å². The van der Waals surface area contributed by atoms with Crippen molar-refractivity contribution >= 4 is 11.9 Å². The maximum Gasteiger partial charge on any atom is 0.280 e. The summed E-state index contributed by atoms with van der Waals surface area (Å²) in [5.74, 6) is 0. The molecule has 0 spiro atoms. The van der Waals surface area contributed by atoms with E-state index < -0.39 is 0 Å². The number of para-hydroxylation sites is 1. The van der Waals surface area contributed by atoms with Gasteiger partial charge in [0, 0.05) is 11.9 Å². The van der Waals surface area contributed by atoms with Gasteiger partial charge in [0.2, 0.25) is 0 Å². The number of aliphatic imine (C=N–C) groups is 1. The largest absolute Gasteiger partial charge is 0.295 e. The van der Waals surface area contributed by atoms with Crippen molar-refractivity contribution in [3.05, 3.63) is 81.3 Å². The molecule has 4 nitrogen and oxygen atoms in total. The first-order valence-electron chi connectivity index (χ1n) is 7.54. The van der Waals surface area contributed by atoms with E-state index in [1.807, 2.05) is 62.4 Å². The van der Waals surface area contributed by atoms with Crippen LogP contribution in [0.1, 0.15) is 22.4 Å². The van der Waals surface area contributed by atoms with E-state index in [1.165, 1.54) is 5.56 Å². The Morgan fingerprint density at radius 3 is 2.43 bits per heavy atom. The zero-order valence-corrected chi connectivity index (χ0v) is 13.5. The average Bonchev–Trinajstić information content (AvgIpc) is 2.84. The Morgan fingerprint density at radius 2 is 1.74 bits per heavy atom. The molecule has 116 valence electrons. The Labute approximate surface area is 135 Å². The minimum atomic E-state index is -0.0922. The second-order valence-electron chi connectivity index (χ2n) is 5.65. The van der Waals surface area contributed by atoms with Crippen molar-refractivity contribution in [3.63, 3.8) is 0 Å². The van der Waals surface area contributed by atoms with Crippen molar-refractivity contribution in [2.45, 2.75) is 20.8 Å². The first-order chi connectivity index (χ1) is 11.1. The monoisotopic (exact) mass is 305 g/mol. The summed E-state index contributed by atoms with van der Waals surface area (Å²) < 4.78 is 1.56. The maximum absolute atomic E-state index is 12.6. The Morgan fingerprint density at radius 1 is 1.00 bits per heavy atom. The second kappa shape index (κ2) is 6.08. The van der Waals surface area contributed by atoms with Crippen LogP contribution in [0.4, 0.5) is 5.69 Å². The van der Waals surface area contributed by atoms with Gasteiger partial charge in [0.1, 0.15) is 0 Å². The van der Waals surface area contributed by atoms with Gasteiger partial charge in [-0.15, -0.1) is 0 Å². The third kappa shape index (κ3) is 3.01. The molecule has 3 rings (SSSR count). The van der Waals surface area contributed by atoms with E-state index >= 15 is 0 Å².